The molecule has 4 nitrogen and oxygen atoms in total. The van der Waals surface area contributed by atoms with E-state index in [0.717, 1.165) is 10.1 Å². The minimum atomic E-state index is -0.497. The first-order valence-electron chi connectivity index (χ1n) is 6.46. The van der Waals surface area contributed by atoms with Crippen LogP contribution in [0.1, 0.15) is 31.2 Å². The van der Waals surface area contributed by atoms with Crippen LogP contribution >= 0.6 is 22.9 Å². The zero-order valence-corrected chi connectivity index (χ0v) is 13.2. The summed E-state index contributed by atoms with van der Waals surface area (Å²) in [5.74, 6) is -0.657. The average molecular weight is 331 g/mol. The second kappa shape index (κ2) is 5.51. The SMILES string of the molecule is Cc1c(C(N)=O)sc2cncc(C(=O)c3ccc(Cl)cc3)c12. The first-order valence-corrected chi connectivity index (χ1v) is 7.65. The summed E-state index contributed by atoms with van der Waals surface area (Å²) >= 11 is 7.10. The van der Waals surface area contributed by atoms with Gasteiger partial charge in [-0.25, -0.2) is 0 Å². The summed E-state index contributed by atoms with van der Waals surface area (Å²) in [6.45, 7) is 1.79. The van der Waals surface area contributed by atoms with Gasteiger partial charge in [0.15, 0.2) is 5.78 Å². The lowest BCUT2D eigenvalue weighted by atomic mass is 10.00. The van der Waals surface area contributed by atoms with Gasteiger partial charge in [0, 0.05) is 33.9 Å². The van der Waals surface area contributed by atoms with Crippen LogP contribution in [-0.4, -0.2) is 16.7 Å². The van der Waals surface area contributed by atoms with Crippen molar-refractivity contribution in [3.63, 3.8) is 0 Å². The maximum Gasteiger partial charge on any atom is 0.259 e. The van der Waals surface area contributed by atoms with Gasteiger partial charge in [-0.1, -0.05) is 11.6 Å². The quantitative estimate of drug-likeness (QED) is 0.746. The average Bonchev–Trinajstić information content (AvgIpc) is 2.85. The third kappa shape index (κ3) is 2.38. The van der Waals surface area contributed by atoms with Crippen LogP contribution in [0.5, 0.6) is 0 Å². The zero-order valence-electron chi connectivity index (χ0n) is 11.6. The summed E-state index contributed by atoms with van der Waals surface area (Å²) in [4.78, 5) is 28.8. The van der Waals surface area contributed by atoms with Gasteiger partial charge in [-0.2, -0.15) is 0 Å². The number of ketones is 1. The van der Waals surface area contributed by atoms with Crippen molar-refractivity contribution >= 4 is 44.7 Å². The molecular weight excluding hydrogens is 320 g/mol. The van der Waals surface area contributed by atoms with Crippen molar-refractivity contribution in [3.05, 3.63) is 63.2 Å². The molecule has 2 N–H and O–H groups in total. The molecule has 6 heteroatoms. The van der Waals surface area contributed by atoms with E-state index < -0.39 is 5.91 Å². The molecule has 22 heavy (non-hydrogen) atoms. The topological polar surface area (TPSA) is 73.1 Å². The highest BCUT2D eigenvalue weighted by molar-refractivity contribution is 7.21. The molecule has 0 unspecified atom stereocenters. The molecule has 0 saturated carbocycles. The molecule has 1 amide bonds. The molecule has 0 saturated heterocycles. The van der Waals surface area contributed by atoms with Gasteiger partial charge in [0.25, 0.3) is 5.91 Å². The van der Waals surface area contributed by atoms with Gasteiger partial charge in [-0.15, -0.1) is 11.3 Å². The van der Waals surface area contributed by atoms with Crippen LogP contribution in [0.4, 0.5) is 0 Å². The van der Waals surface area contributed by atoms with Gasteiger partial charge in [-0.3, -0.25) is 14.6 Å². The fraction of sp³-hybridized carbons (Fsp3) is 0.0625. The Balaban J connectivity index is 2.20. The lowest BCUT2D eigenvalue weighted by molar-refractivity contribution is 0.100. The fourth-order valence-corrected chi connectivity index (χ4v) is 3.55. The van der Waals surface area contributed by atoms with Crippen LogP contribution in [0.25, 0.3) is 10.1 Å². The molecule has 0 aliphatic carbocycles. The number of primary amides is 1. The van der Waals surface area contributed by atoms with Gasteiger partial charge < -0.3 is 5.73 Å². The summed E-state index contributed by atoms with van der Waals surface area (Å²) in [6.07, 6.45) is 3.15. The van der Waals surface area contributed by atoms with Gasteiger partial charge in [0.05, 0.1) is 9.58 Å². The summed E-state index contributed by atoms with van der Waals surface area (Å²) < 4.78 is 0.770. The molecular formula is C16H11ClN2O2S. The molecule has 2 aromatic heterocycles. The molecule has 0 aliphatic rings. The van der Waals surface area contributed by atoms with E-state index in [1.807, 2.05) is 0 Å². The minimum absolute atomic E-state index is 0.160. The highest BCUT2D eigenvalue weighted by Crippen LogP contribution is 2.33. The molecule has 1 aromatic carbocycles. The molecule has 0 bridgehead atoms. The van der Waals surface area contributed by atoms with E-state index in [1.54, 1.807) is 37.4 Å². The van der Waals surface area contributed by atoms with Crippen LogP contribution in [0.2, 0.25) is 5.02 Å². The van der Waals surface area contributed by atoms with Crippen LogP contribution < -0.4 is 5.73 Å². The highest BCUT2D eigenvalue weighted by Gasteiger charge is 2.20. The Morgan fingerprint density at radius 2 is 1.86 bits per heavy atom. The first-order chi connectivity index (χ1) is 10.5. The van der Waals surface area contributed by atoms with Crippen LogP contribution in [0, 0.1) is 6.92 Å². The monoisotopic (exact) mass is 330 g/mol. The smallest absolute Gasteiger partial charge is 0.259 e. The number of thiophene rings is 1. The van der Waals surface area contributed by atoms with Crippen molar-refractivity contribution in [2.75, 3.05) is 0 Å². The molecule has 2 heterocycles. The molecule has 110 valence electrons. The molecule has 3 aromatic rings. The number of hydrogen-bond acceptors (Lipinski definition) is 4. The molecule has 0 radical (unpaired) electrons. The number of benzene rings is 1. The van der Waals surface area contributed by atoms with E-state index in [0.29, 0.717) is 26.6 Å². The van der Waals surface area contributed by atoms with Gasteiger partial charge in [0.1, 0.15) is 0 Å². The van der Waals surface area contributed by atoms with Gasteiger partial charge in [-0.05, 0) is 36.8 Å². The van der Waals surface area contributed by atoms with Crippen molar-refractivity contribution in [1.29, 1.82) is 0 Å². The predicted octanol–water partition coefficient (Wildman–Crippen LogP) is 3.59. The number of fused-ring (bicyclic) bond motifs is 1. The Morgan fingerprint density at radius 3 is 2.50 bits per heavy atom. The number of carbonyl (C=O) groups is 2. The van der Waals surface area contributed by atoms with Crippen LogP contribution in [0.15, 0.2) is 36.7 Å². The third-order valence-electron chi connectivity index (χ3n) is 3.41. The minimum Gasteiger partial charge on any atom is -0.365 e. The van der Waals surface area contributed by atoms with E-state index in [2.05, 4.69) is 4.98 Å². The largest absolute Gasteiger partial charge is 0.365 e. The lowest BCUT2D eigenvalue weighted by Crippen LogP contribution is -2.10. The Hall–Kier alpha value is -2.24. The summed E-state index contributed by atoms with van der Waals surface area (Å²) in [7, 11) is 0. The number of amides is 1. The maximum atomic E-state index is 12.7. The van der Waals surface area contributed by atoms with E-state index >= 15 is 0 Å². The van der Waals surface area contributed by atoms with E-state index in [9.17, 15) is 9.59 Å². The van der Waals surface area contributed by atoms with E-state index in [1.165, 1.54) is 17.5 Å². The number of hydrogen-bond donors (Lipinski definition) is 1. The second-order valence-electron chi connectivity index (χ2n) is 4.82. The normalized spacial score (nSPS) is 10.8. The van der Waals surface area contributed by atoms with Crippen molar-refractivity contribution in [2.45, 2.75) is 6.92 Å². The van der Waals surface area contributed by atoms with Crippen molar-refractivity contribution < 1.29 is 9.59 Å². The Labute approximate surface area is 135 Å². The standard InChI is InChI=1S/C16H11ClN2O2S/c1-8-13-11(14(20)9-2-4-10(17)5-3-9)6-19-7-12(13)22-15(8)16(18)21/h2-7H,1H3,(H2,18,21). The highest BCUT2D eigenvalue weighted by atomic mass is 35.5. The molecule has 0 fully saturated rings. The second-order valence-corrected chi connectivity index (χ2v) is 6.31. The van der Waals surface area contributed by atoms with Gasteiger partial charge in [0.2, 0.25) is 0 Å². The Bertz CT molecular complexity index is 900. The predicted molar refractivity (Wildman–Crippen MR) is 87.8 cm³/mol. The fourth-order valence-electron chi connectivity index (χ4n) is 2.37. The summed E-state index contributed by atoms with van der Waals surface area (Å²) in [5, 5.41) is 1.30. The number of nitrogens with two attached hydrogens (primary N) is 1. The molecule has 3 rings (SSSR count). The number of aromatic nitrogens is 1. The number of nitrogens with zero attached hydrogens (tertiary/aromatic N) is 1. The maximum absolute atomic E-state index is 12.7. The van der Waals surface area contributed by atoms with Gasteiger partial charge >= 0.3 is 0 Å². The Kier molecular flexibility index (Phi) is 3.68. The summed E-state index contributed by atoms with van der Waals surface area (Å²) in [6, 6.07) is 6.66. The first kappa shape index (κ1) is 14.7. The number of pyridine rings is 1. The lowest BCUT2D eigenvalue weighted by Gasteiger charge is -2.04. The molecule has 0 spiro atoms. The number of carbonyl (C=O) groups excluding carboxylic acids is 2. The van der Waals surface area contributed by atoms with E-state index in [4.69, 9.17) is 17.3 Å². The number of rotatable bonds is 3. The van der Waals surface area contributed by atoms with Crippen molar-refractivity contribution in [2.24, 2.45) is 5.73 Å². The number of aryl methyl sites for hydroxylation is 1. The number of halogens is 1. The van der Waals surface area contributed by atoms with Crippen molar-refractivity contribution in [1.82, 2.24) is 4.98 Å². The van der Waals surface area contributed by atoms with E-state index in [-0.39, 0.29) is 5.78 Å². The third-order valence-corrected chi connectivity index (χ3v) is 4.91. The summed E-state index contributed by atoms with van der Waals surface area (Å²) in [5.41, 5.74) is 7.08. The molecule has 0 atom stereocenters. The van der Waals surface area contributed by atoms with Crippen LogP contribution in [-0.2, 0) is 0 Å². The molecule has 0 aliphatic heterocycles. The zero-order chi connectivity index (χ0) is 15.9. The van der Waals surface area contributed by atoms with Crippen LogP contribution in [0.3, 0.4) is 0 Å². The Morgan fingerprint density at radius 1 is 1.18 bits per heavy atom. The van der Waals surface area contributed by atoms with Crippen molar-refractivity contribution in [3.8, 4) is 0 Å².